The Labute approximate surface area is 118 Å². The molecule has 4 nitrogen and oxygen atoms in total. The summed E-state index contributed by atoms with van der Waals surface area (Å²) in [4.78, 5) is 36.3. The molecule has 0 N–H and O–H groups in total. The SMILES string of the molecule is COC(=O)C1CCCCC1C(=O)C(=O)c1ccccc1. The number of methoxy groups -OCH3 is 1. The molecular weight excluding hydrogens is 256 g/mol. The van der Waals surface area contributed by atoms with Gasteiger partial charge in [0, 0.05) is 11.5 Å². The van der Waals surface area contributed by atoms with Crippen molar-refractivity contribution >= 4 is 17.5 Å². The first-order valence-corrected chi connectivity index (χ1v) is 6.86. The van der Waals surface area contributed by atoms with Crippen LogP contribution in [0, 0.1) is 11.8 Å². The summed E-state index contributed by atoms with van der Waals surface area (Å²) >= 11 is 0. The van der Waals surface area contributed by atoms with E-state index in [1.807, 2.05) is 0 Å². The first-order valence-electron chi connectivity index (χ1n) is 6.86. The van der Waals surface area contributed by atoms with Crippen LogP contribution in [0.5, 0.6) is 0 Å². The molecule has 0 saturated heterocycles. The maximum absolute atomic E-state index is 12.4. The molecule has 1 aliphatic carbocycles. The van der Waals surface area contributed by atoms with Crippen molar-refractivity contribution in [2.45, 2.75) is 25.7 Å². The van der Waals surface area contributed by atoms with Gasteiger partial charge >= 0.3 is 5.97 Å². The summed E-state index contributed by atoms with van der Waals surface area (Å²) in [5, 5.41) is 0. The van der Waals surface area contributed by atoms with Crippen LogP contribution < -0.4 is 0 Å². The van der Waals surface area contributed by atoms with Gasteiger partial charge in [-0.2, -0.15) is 0 Å². The van der Waals surface area contributed by atoms with Gasteiger partial charge in [-0.1, -0.05) is 43.2 Å². The first-order chi connectivity index (χ1) is 9.65. The summed E-state index contributed by atoms with van der Waals surface area (Å²) in [6.07, 6.45) is 2.96. The van der Waals surface area contributed by atoms with E-state index in [1.165, 1.54) is 7.11 Å². The Morgan fingerprint density at radius 3 is 2.20 bits per heavy atom. The normalized spacial score (nSPS) is 22.1. The minimum atomic E-state index is -0.538. The lowest BCUT2D eigenvalue weighted by Gasteiger charge is -2.27. The Morgan fingerprint density at radius 2 is 1.60 bits per heavy atom. The van der Waals surface area contributed by atoms with E-state index in [0.717, 1.165) is 12.8 Å². The van der Waals surface area contributed by atoms with Gasteiger partial charge in [0.1, 0.15) is 0 Å². The fraction of sp³-hybridized carbons (Fsp3) is 0.438. The Kier molecular flexibility index (Phi) is 4.66. The zero-order valence-electron chi connectivity index (χ0n) is 11.5. The number of benzene rings is 1. The summed E-state index contributed by atoms with van der Waals surface area (Å²) in [7, 11) is 1.32. The molecule has 0 bridgehead atoms. The lowest BCUT2D eigenvalue weighted by Crippen LogP contribution is -2.37. The molecule has 0 amide bonds. The molecule has 106 valence electrons. The molecule has 2 atom stereocenters. The summed E-state index contributed by atoms with van der Waals surface area (Å²) in [5.41, 5.74) is 0.381. The summed E-state index contributed by atoms with van der Waals surface area (Å²) in [6, 6.07) is 8.48. The van der Waals surface area contributed by atoms with E-state index in [-0.39, 0.29) is 5.97 Å². The summed E-state index contributed by atoms with van der Waals surface area (Å²) < 4.78 is 4.75. The van der Waals surface area contributed by atoms with Crippen LogP contribution in [0.3, 0.4) is 0 Å². The Balaban J connectivity index is 2.18. The Morgan fingerprint density at radius 1 is 1.00 bits per heavy atom. The van der Waals surface area contributed by atoms with Crippen molar-refractivity contribution in [2.24, 2.45) is 11.8 Å². The number of esters is 1. The van der Waals surface area contributed by atoms with Gasteiger partial charge in [0.15, 0.2) is 0 Å². The predicted octanol–water partition coefficient (Wildman–Crippen LogP) is 2.42. The Hall–Kier alpha value is -1.97. The van der Waals surface area contributed by atoms with Crippen LogP contribution >= 0.6 is 0 Å². The number of carbonyl (C=O) groups excluding carboxylic acids is 3. The molecule has 20 heavy (non-hydrogen) atoms. The van der Waals surface area contributed by atoms with E-state index in [4.69, 9.17) is 4.74 Å². The summed E-state index contributed by atoms with van der Waals surface area (Å²) in [5.74, 6) is -2.38. The van der Waals surface area contributed by atoms with Crippen molar-refractivity contribution in [2.75, 3.05) is 7.11 Å². The minimum Gasteiger partial charge on any atom is -0.469 e. The van der Waals surface area contributed by atoms with E-state index < -0.39 is 23.4 Å². The molecule has 0 heterocycles. The smallest absolute Gasteiger partial charge is 0.309 e. The van der Waals surface area contributed by atoms with Crippen LogP contribution in [0.15, 0.2) is 30.3 Å². The predicted molar refractivity (Wildman–Crippen MR) is 73.2 cm³/mol. The number of Topliss-reactive ketones (excluding diaryl/α,β-unsaturated/α-hetero) is 2. The van der Waals surface area contributed by atoms with Crippen molar-refractivity contribution in [3.05, 3.63) is 35.9 Å². The number of ether oxygens (including phenoxy) is 1. The minimum absolute atomic E-state index is 0.381. The number of carbonyl (C=O) groups is 3. The summed E-state index contributed by atoms with van der Waals surface area (Å²) in [6.45, 7) is 0. The maximum Gasteiger partial charge on any atom is 0.309 e. The number of ketones is 2. The van der Waals surface area contributed by atoms with Crippen LogP contribution in [0.25, 0.3) is 0 Å². The van der Waals surface area contributed by atoms with E-state index >= 15 is 0 Å². The molecule has 2 rings (SSSR count). The standard InChI is InChI=1S/C16H18O4/c1-20-16(19)13-10-6-5-9-12(13)15(18)14(17)11-7-3-2-4-8-11/h2-4,7-8,12-13H,5-6,9-10H2,1H3. The Bertz CT molecular complexity index is 506. The topological polar surface area (TPSA) is 60.4 Å². The van der Waals surface area contributed by atoms with E-state index in [9.17, 15) is 14.4 Å². The largest absolute Gasteiger partial charge is 0.469 e. The molecule has 0 aliphatic heterocycles. The number of hydrogen-bond donors (Lipinski definition) is 0. The molecule has 1 saturated carbocycles. The average Bonchev–Trinajstić information content (AvgIpc) is 2.53. The molecular formula is C16H18O4. The van der Waals surface area contributed by atoms with Gasteiger partial charge < -0.3 is 4.74 Å². The highest BCUT2D eigenvalue weighted by molar-refractivity contribution is 6.44. The van der Waals surface area contributed by atoms with Gasteiger partial charge in [-0.05, 0) is 12.8 Å². The average molecular weight is 274 g/mol. The van der Waals surface area contributed by atoms with E-state index in [1.54, 1.807) is 30.3 Å². The van der Waals surface area contributed by atoms with Gasteiger partial charge in [0.25, 0.3) is 0 Å². The lowest BCUT2D eigenvalue weighted by atomic mass is 9.75. The van der Waals surface area contributed by atoms with Gasteiger partial charge in [0.05, 0.1) is 13.0 Å². The van der Waals surface area contributed by atoms with Crippen molar-refractivity contribution in [1.29, 1.82) is 0 Å². The lowest BCUT2D eigenvalue weighted by molar-refractivity contribution is -0.150. The van der Waals surface area contributed by atoms with Gasteiger partial charge in [-0.3, -0.25) is 14.4 Å². The van der Waals surface area contributed by atoms with E-state index in [0.29, 0.717) is 18.4 Å². The third-order valence-corrected chi connectivity index (χ3v) is 3.87. The maximum atomic E-state index is 12.4. The second kappa shape index (κ2) is 6.46. The van der Waals surface area contributed by atoms with Crippen LogP contribution in [-0.4, -0.2) is 24.6 Å². The molecule has 1 aliphatic rings. The van der Waals surface area contributed by atoms with Gasteiger partial charge in [0.2, 0.25) is 11.6 Å². The fourth-order valence-corrected chi connectivity index (χ4v) is 2.78. The van der Waals surface area contributed by atoms with Gasteiger partial charge in [-0.15, -0.1) is 0 Å². The second-order valence-electron chi connectivity index (χ2n) is 5.08. The molecule has 0 radical (unpaired) electrons. The first kappa shape index (κ1) is 14.4. The van der Waals surface area contributed by atoms with Crippen LogP contribution in [0.1, 0.15) is 36.0 Å². The highest BCUT2D eigenvalue weighted by Gasteiger charge is 2.39. The van der Waals surface area contributed by atoms with Crippen LogP contribution in [0.4, 0.5) is 0 Å². The van der Waals surface area contributed by atoms with Crippen molar-refractivity contribution in [1.82, 2.24) is 0 Å². The highest BCUT2D eigenvalue weighted by Crippen LogP contribution is 2.32. The third kappa shape index (κ3) is 2.95. The highest BCUT2D eigenvalue weighted by atomic mass is 16.5. The van der Waals surface area contributed by atoms with Gasteiger partial charge in [-0.25, -0.2) is 0 Å². The van der Waals surface area contributed by atoms with Crippen LogP contribution in [0.2, 0.25) is 0 Å². The molecule has 1 aromatic rings. The molecule has 4 heteroatoms. The quantitative estimate of drug-likeness (QED) is 0.480. The second-order valence-corrected chi connectivity index (χ2v) is 5.08. The third-order valence-electron chi connectivity index (χ3n) is 3.87. The molecule has 0 aromatic heterocycles. The molecule has 0 spiro atoms. The molecule has 2 unspecified atom stereocenters. The number of rotatable bonds is 4. The van der Waals surface area contributed by atoms with E-state index in [2.05, 4.69) is 0 Å². The monoisotopic (exact) mass is 274 g/mol. The number of hydrogen-bond acceptors (Lipinski definition) is 4. The van der Waals surface area contributed by atoms with Crippen molar-refractivity contribution < 1.29 is 19.1 Å². The van der Waals surface area contributed by atoms with Crippen LogP contribution in [-0.2, 0) is 14.3 Å². The zero-order chi connectivity index (χ0) is 14.5. The molecule has 1 aromatic carbocycles. The van der Waals surface area contributed by atoms with Crippen molar-refractivity contribution in [3.8, 4) is 0 Å². The van der Waals surface area contributed by atoms with Crippen molar-refractivity contribution in [3.63, 3.8) is 0 Å². The zero-order valence-corrected chi connectivity index (χ0v) is 11.5. The fourth-order valence-electron chi connectivity index (χ4n) is 2.78. The molecule has 1 fully saturated rings.